The third-order valence-electron chi connectivity index (χ3n) is 2.60. The summed E-state index contributed by atoms with van der Waals surface area (Å²) in [6.07, 6.45) is -3.19. The van der Waals surface area contributed by atoms with Crippen molar-refractivity contribution < 1.29 is 18.0 Å². The van der Waals surface area contributed by atoms with E-state index in [0.29, 0.717) is 5.69 Å². The lowest BCUT2D eigenvalue weighted by molar-refractivity contribution is -0.163. The maximum Gasteiger partial charge on any atom is 0.411 e. The molecular weight excluding hydrogens is 223 g/mol. The minimum Gasteiger partial charge on any atom is -0.397 e. The molecule has 1 aliphatic carbocycles. The first kappa shape index (κ1) is 10.8. The van der Waals surface area contributed by atoms with E-state index < -0.39 is 17.6 Å². The molecule has 1 fully saturated rings. The van der Waals surface area contributed by atoms with Crippen molar-refractivity contribution in [2.45, 2.75) is 24.6 Å². The molecule has 1 aliphatic rings. The molecule has 4 N–H and O–H groups in total. The molecule has 7 heteroatoms. The Kier molecular flexibility index (Phi) is 2.14. The van der Waals surface area contributed by atoms with Crippen LogP contribution < -0.4 is 11.1 Å². The summed E-state index contributed by atoms with van der Waals surface area (Å²) < 4.78 is 37.6. The van der Waals surface area contributed by atoms with Crippen LogP contribution in [-0.4, -0.2) is 22.6 Å². The van der Waals surface area contributed by atoms with Crippen molar-refractivity contribution in [3.05, 3.63) is 18.0 Å². The molecule has 0 aliphatic heterocycles. The van der Waals surface area contributed by atoms with E-state index in [9.17, 15) is 18.0 Å². The van der Waals surface area contributed by atoms with Gasteiger partial charge >= 0.3 is 6.18 Å². The van der Waals surface area contributed by atoms with Crippen LogP contribution in [0.4, 0.5) is 18.9 Å². The fourth-order valence-corrected chi connectivity index (χ4v) is 1.43. The van der Waals surface area contributed by atoms with Crippen molar-refractivity contribution in [2.24, 2.45) is 0 Å². The lowest BCUT2D eigenvalue weighted by atomic mass is 10.2. The van der Waals surface area contributed by atoms with Gasteiger partial charge in [-0.2, -0.15) is 13.2 Å². The molecule has 1 aromatic rings. The molecule has 4 nitrogen and oxygen atoms in total. The van der Waals surface area contributed by atoms with Crippen LogP contribution in [0.1, 0.15) is 23.3 Å². The molecule has 16 heavy (non-hydrogen) atoms. The molecule has 1 heterocycles. The Bertz CT molecular complexity index is 420. The smallest absolute Gasteiger partial charge is 0.397 e. The number of nitrogens with two attached hydrogens (primary N) is 1. The van der Waals surface area contributed by atoms with Crippen molar-refractivity contribution in [3.8, 4) is 0 Å². The molecule has 0 saturated heterocycles. The predicted molar refractivity (Wildman–Crippen MR) is 50.7 cm³/mol. The highest BCUT2D eigenvalue weighted by atomic mass is 19.4. The molecule has 1 aromatic heterocycles. The SMILES string of the molecule is Nc1c[nH]c(C(=O)NC2(C(F)(F)F)CC2)c1. The van der Waals surface area contributed by atoms with Crippen molar-refractivity contribution in [2.75, 3.05) is 5.73 Å². The molecule has 88 valence electrons. The van der Waals surface area contributed by atoms with Crippen LogP contribution in [0.3, 0.4) is 0 Å². The van der Waals surface area contributed by atoms with Gasteiger partial charge in [0.2, 0.25) is 0 Å². The van der Waals surface area contributed by atoms with Gasteiger partial charge in [-0.25, -0.2) is 0 Å². The Morgan fingerprint density at radius 1 is 1.50 bits per heavy atom. The number of carbonyl (C=O) groups is 1. The molecule has 0 bridgehead atoms. The first-order valence-electron chi connectivity index (χ1n) is 4.67. The number of amides is 1. The quantitative estimate of drug-likeness (QED) is 0.723. The van der Waals surface area contributed by atoms with Gasteiger partial charge in [-0.05, 0) is 18.9 Å². The van der Waals surface area contributed by atoms with Crippen molar-refractivity contribution in [3.63, 3.8) is 0 Å². The second-order valence-electron chi connectivity index (χ2n) is 3.88. The average molecular weight is 233 g/mol. The van der Waals surface area contributed by atoms with Crippen LogP contribution in [0, 0.1) is 0 Å². The molecule has 0 spiro atoms. The lowest BCUT2D eigenvalue weighted by Crippen LogP contribution is -2.47. The van der Waals surface area contributed by atoms with E-state index >= 15 is 0 Å². The Balaban J connectivity index is 2.09. The van der Waals surface area contributed by atoms with Gasteiger partial charge in [0.1, 0.15) is 11.2 Å². The Morgan fingerprint density at radius 2 is 2.12 bits per heavy atom. The first-order valence-corrected chi connectivity index (χ1v) is 4.67. The van der Waals surface area contributed by atoms with E-state index in [1.165, 1.54) is 12.3 Å². The lowest BCUT2D eigenvalue weighted by Gasteiger charge is -2.20. The summed E-state index contributed by atoms with van der Waals surface area (Å²) in [5, 5.41) is 1.99. The molecule has 1 amide bonds. The van der Waals surface area contributed by atoms with Gasteiger partial charge in [0, 0.05) is 11.9 Å². The number of halogens is 3. The highest BCUT2D eigenvalue weighted by molar-refractivity contribution is 5.94. The van der Waals surface area contributed by atoms with E-state index in [-0.39, 0.29) is 18.5 Å². The highest BCUT2D eigenvalue weighted by Gasteiger charge is 2.64. The van der Waals surface area contributed by atoms with Gasteiger partial charge in [-0.3, -0.25) is 4.79 Å². The third kappa shape index (κ3) is 1.72. The molecule has 0 unspecified atom stereocenters. The summed E-state index contributed by atoms with van der Waals surface area (Å²) >= 11 is 0. The zero-order chi connectivity index (χ0) is 12.0. The number of carbonyl (C=O) groups excluding carboxylic acids is 1. The van der Waals surface area contributed by atoms with E-state index in [1.54, 1.807) is 0 Å². The monoisotopic (exact) mass is 233 g/mol. The second-order valence-corrected chi connectivity index (χ2v) is 3.88. The number of nitrogen functional groups attached to an aromatic ring is 1. The van der Waals surface area contributed by atoms with Gasteiger partial charge < -0.3 is 16.0 Å². The van der Waals surface area contributed by atoms with E-state index in [4.69, 9.17) is 5.73 Å². The highest BCUT2D eigenvalue weighted by Crippen LogP contribution is 2.48. The van der Waals surface area contributed by atoms with Gasteiger partial charge in [0.15, 0.2) is 0 Å². The van der Waals surface area contributed by atoms with E-state index in [0.717, 1.165) is 0 Å². The Hall–Kier alpha value is -1.66. The zero-order valence-electron chi connectivity index (χ0n) is 8.19. The fourth-order valence-electron chi connectivity index (χ4n) is 1.43. The maximum atomic E-state index is 12.5. The number of H-pyrrole nitrogens is 1. The minimum atomic E-state index is -4.40. The summed E-state index contributed by atoms with van der Waals surface area (Å²) in [4.78, 5) is 14.0. The largest absolute Gasteiger partial charge is 0.411 e. The number of aromatic amines is 1. The second kappa shape index (κ2) is 3.16. The number of hydrogen-bond acceptors (Lipinski definition) is 2. The van der Waals surface area contributed by atoms with E-state index in [2.05, 4.69) is 4.98 Å². The molecule has 0 radical (unpaired) electrons. The van der Waals surface area contributed by atoms with Crippen LogP contribution in [-0.2, 0) is 0 Å². The van der Waals surface area contributed by atoms with Crippen LogP contribution >= 0.6 is 0 Å². The summed E-state index contributed by atoms with van der Waals surface area (Å²) in [5.41, 5.74) is 3.65. The minimum absolute atomic E-state index is 0.0352. The number of nitrogens with one attached hydrogen (secondary N) is 2. The average Bonchev–Trinajstić information content (AvgIpc) is 2.81. The molecule has 2 rings (SSSR count). The van der Waals surface area contributed by atoms with Crippen molar-refractivity contribution in [1.82, 2.24) is 10.3 Å². The van der Waals surface area contributed by atoms with Gasteiger partial charge in [0.25, 0.3) is 5.91 Å². The number of aromatic nitrogens is 1. The standard InChI is InChI=1S/C9H10F3N3O/c10-9(11,12)8(1-2-8)15-7(16)6-3-5(13)4-14-6/h3-4,14H,1-2,13H2,(H,15,16). The van der Waals surface area contributed by atoms with Crippen molar-refractivity contribution in [1.29, 1.82) is 0 Å². The summed E-state index contributed by atoms with van der Waals surface area (Å²) in [6, 6.07) is 1.29. The number of anilines is 1. The van der Waals surface area contributed by atoms with Crippen molar-refractivity contribution >= 4 is 11.6 Å². The van der Waals surface area contributed by atoms with Crippen LogP contribution in [0.5, 0.6) is 0 Å². The number of alkyl halides is 3. The number of rotatable bonds is 2. The fraction of sp³-hybridized carbons (Fsp3) is 0.444. The van der Waals surface area contributed by atoms with Gasteiger partial charge in [-0.1, -0.05) is 0 Å². The zero-order valence-corrected chi connectivity index (χ0v) is 8.19. The van der Waals surface area contributed by atoms with Crippen LogP contribution in [0.2, 0.25) is 0 Å². The first-order chi connectivity index (χ1) is 7.34. The molecule has 0 atom stereocenters. The maximum absolute atomic E-state index is 12.5. The van der Waals surface area contributed by atoms with Gasteiger partial charge in [0.05, 0.1) is 0 Å². The predicted octanol–water partition coefficient (Wildman–Crippen LogP) is 1.42. The Morgan fingerprint density at radius 3 is 2.50 bits per heavy atom. The Labute approximate surface area is 89.0 Å². The van der Waals surface area contributed by atoms with Gasteiger partial charge in [-0.15, -0.1) is 0 Å². The molecule has 0 aromatic carbocycles. The molecular formula is C9H10F3N3O. The third-order valence-corrected chi connectivity index (χ3v) is 2.60. The van der Waals surface area contributed by atoms with Crippen LogP contribution in [0.25, 0.3) is 0 Å². The summed E-state index contributed by atoms with van der Waals surface area (Å²) in [6.45, 7) is 0. The van der Waals surface area contributed by atoms with E-state index in [1.807, 2.05) is 5.32 Å². The molecule has 1 saturated carbocycles. The topological polar surface area (TPSA) is 70.9 Å². The van der Waals surface area contributed by atoms with Crippen LogP contribution in [0.15, 0.2) is 12.3 Å². The summed E-state index contributed by atoms with van der Waals surface area (Å²) in [7, 11) is 0. The number of hydrogen-bond donors (Lipinski definition) is 3. The summed E-state index contributed by atoms with van der Waals surface area (Å²) in [5.74, 6) is -0.786. The normalized spacial score (nSPS) is 18.2.